The SMILES string of the molecule is CCCNC(=O)CNS(=O)(=O)c1cc([N+](=O)[O-])c(NN)s1. The number of nitrogens with two attached hydrogens (primary N) is 1. The number of hydrogen-bond donors (Lipinski definition) is 4. The number of nitrogens with zero attached hydrogens (tertiary/aromatic N) is 1. The van der Waals surface area contributed by atoms with Crippen LogP contribution in [-0.4, -0.2) is 32.3 Å². The Morgan fingerprint density at radius 1 is 1.52 bits per heavy atom. The van der Waals surface area contributed by atoms with E-state index in [-0.39, 0.29) is 9.21 Å². The number of nitro groups is 1. The molecule has 0 fully saturated rings. The van der Waals surface area contributed by atoms with Crippen LogP contribution in [0.25, 0.3) is 0 Å². The maximum Gasteiger partial charge on any atom is 0.306 e. The topological polar surface area (TPSA) is 156 Å². The Morgan fingerprint density at radius 3 is 2.67 bits per heavy atom. The molecule has 1 rings (SSSR count). The van der Waals surface area contributed by atoms with E-state index < -0.39 is 33.1 Å². The van der Waals surface area contributed by atoms with Crippen LogP contribution in [0.5, 0.6) is 0 Å². The van der Waals surface area contributed by atoms with Crippen molar-refractivity contribution in [2.75, 3.05) is 18.5 Å². The summed E-state index contributed by atoms with van der Waals surface area (Å²) < 4.78 is 25.7. The minimum absolute atomic E-state index is 0.0872. The summed E-state index contributed by atoms with van der Waals surface area (Å²) in [4.78, 5) is 21.3. The Bertz CT molecular complexity index is 626. The summed E-state index contributed by atoms with van der Waals surface area (Å²) in [6, 6.07) is 0.881. The van der Waals surface area contributed by atoms with Crippen LogP contribution in [0.2, 0.25) is 0 Å². The van der Waals surface area contributed by atoms with E-state index in [0.717, 1.165) is 12.5 Å². The number of hydrazine groups is 1. The normalized spacial score (nSPS) is 11.1. The minimum Gasteiger partial charge on any atom is -0.355 e. The van der Waals surface area contributed by atoms with Gasteiger partial charge in [0.25, 0.3) is 10.0 Å². The average Bonchev–Trinajstić information content (AvgIpc) is 2.88. The van der Waals surface area contributed by atoms with Gasteiger partial charge in [-0.05, 0) is 6.42 Å². The third-order valence-electron chi connectivity index (χ3n) is 2.28. The number of carbonyl (C=O) groups is 1. The van der Waals surface area contributed by atoms with E-state index in [2.05, 4.69) is 15.5 Å². The molecule has 0 saturated heterocycles. The first-order valence-corrected chi connectivity index (χ1v) is 8.13. The molecule has 0 spiro atoms. The summed E-state index contributed by atoms with van der Waals surface area (Å²) in [5.74, 6) is 4.62. The summed E-state index contributed by atoms with van der Waals surface area (Å²) in [5, 5.41) is 13.2. The van der Waals surface area contributed by atoms with Crippen LogP contribution in [0.4, 0.5) is 10.7 Å². The lowest BCUT2D eigenvalue weighted by Gasteiger charge is -2.05. The van der Waals surface area contributed by atoms with Crippen molar-refractivity contribution in [3.8, 4) is 0 Å². The van der Waals surface area contributed by atoms with Gasteiger partial charge in [-0.25, -0.2) is 19.0 Å². The second kappa shape index (κ2) is 7.31. The summed E-state index contributed by atoms with van der Waals surface area (Å²) in [6.07, 6.45) is 0.723. The minimum atomic E-state index is -4.02. The molecule has 0 aromatic carbocycles. The molecule has 1 amide bonds. The van der Waals surface area contributed by atoms with Gasteiger partial charge >= 0.3 is 5.69 Å². The number of hydrogen-bond acceptors (Lipinski definition) is 8. The molecule has 21 heavy (non-hydrogen) atoms. The quantitative estimate of drug-likeness (QED) is 0.289. The Morgan fingerprint density at radius 2 is 2.19 bits per heavy atom. The van der Waals surface area contributed by atoms with Crippen LogP contribution in [0.1, 0.15) is 13.3 Å². The highest BCUT2D eigenvalue weighted by atomic mass is 32.2. The molecule has 1 heterocycles. The van der Waals surface area contributed by atoms with E-state index in [0.29, 0.717) is 17.9 Å². The van der Waals surface area contributed by atoms with Crippen molar-refractivity contribution >= 4 is 38.0 Å². The number of thiophene rings is 1. The number of carbonyl (C=O) groups excluding carboxylic acids is 1. The molecule has 0 aliphatic heterocycles. The lowest BCUT2D eigenvalue weighted by Crippen LogP contribution is -2.36. The van der Waals surface area contributed by atoms with Crippen molar-refractivity contribution in [3.05, 3.63) is 16.2 Å². The summed E-state index contributed by atoms with van der Waals surface area (Å²) in [6.45, 7) is 1.85. The summed E-state index contributed by atoms with van der Waals surface area (Å²) in [7, 11) is -4.02. The highest BCUT2D eigenvalue weighted by molar-refractivity contribution is 7.91. The van der Waals surface area contributed by atoms with Crippen LogP contribution in [-0.2, 0) is 14.8 Å². The summed E-state index contributed by atoms with van der Waals surface area (Å²) >= 11 is 0.604. The van der Waals surface area contributed by atoms with E-state index >= 15 is 0 Å². The zero-order chi connectivity index (χ0) is 16.0. The Labute approximate surface area is 124 Å². The molecular weight excluding hydrogens is 322 g/mol. The van der Waals surface area contributed by atoms with E-state index in [9.17, 15) is 23.3 Å². The van der Waals surface area contributed by atoms with Crippen molar-refractivity contribution in [2.24, 2.45) is 5.84 Å². The highest BCUT2D eigenvalue weighted by Gasteiger charge is 2.26. The lowest BCUT2D eigenvalue weighted by atomic mass is 10.5. The smallest absolute Gasteiger partial charge is 0.306 e. The maximum absolute atomic E-state index is 11.9. The molecule has 10 nitrogen and oxygen atoms in total. The van der Waals surface area contributed by atoms with E-state index in [1.807, 2.05) is 6.92 Å². The van der Waals surface area contributed by atoms with Gasteiger partial charge in [0.1, 0.15) is 4.21 Å². The molecule has 0 bridgehead atoms. The number of nitrogen functional groups attached to an aromatic ring is 1. The zero-order valence-electron chi connectivity index (χ0n) is 11.1. The molecule has 1 aromatic rings. The molecule has 0 radical (unpaired) electrons. The molecular formula is C9H15N5O5S2. The molecule has 118 valence electrons. The highest BCUT2D eigenvalue weighted by Crippen LogP contribution is 2.36. The second-order valence-electron chi connectivity index (χ2n) is 3.86. The predicted molar refractivity (Wildman–Crippen MR) is 77.3 cm³/mol. The first-order chi connectivity index (χ1) is 9.81. The van der Waals surface area contributed by atoms with Gasteiger partial charge in [0.2, 0.25) is 5.91 Å². The van der Waals surface area contributed by atoms with Crippen LogP contribution >= 0.6 is 11.3 Å². The van der Waals surface area contributed by atoms with Crippen LogP contribution in [0.15, 0.2) is 10.3 Å². The van der Waals surface area contributed by atoms with Crippen molar-refractivity contribution in [2.45, 2.75) is 17.6 Å². The van der Waals surface area contributed by atoms with Gasteiger partial charge < -0.3 is 10.7 Å². The second-order valence-corrected chi connectivity index (χ2v) is 6.90. The molecule has 1 aromatic heterocycles. The van der Waals surface area contributed by atoms with Gasteiger partial charge in [0.15, 0.2) is 5.00 Å². The van der Waals surface area contributed by atoms with Crippen LogP contribution in [0.3, 0.4) is 0 Å². The Hall–Kier alpha value is -1.76. The van der Waals surface area contributed by atoms with Gasteiger partial charge in [-0.2, -0.15) is 0 Å². The number of anilines is 1. The fourth-order valence-electron chi connectivity index (χ4n) is 1.29. The van der Waals surface area contributed by atoms with Gasteiger partial charge in [-0.1, -0.05) is 18.3 Å². The fourth-order valence-corrected chi connectivity index (χ4v) is 3.55. The maximum atomic E-state index is 11.9. The average molecular weight is 337 g/mol. The Balaban J connectivity index is 2.83. The van der Waals surface area contributed by atoms with Gasteiger partial charge in [-0.15, -0.1) is 0 Å². The number of rotatable bonds is 8. The van der Waals surface area contributed by atoms with Crippen molar-refractivity contribution in [3.63, 3.8) is 0 Å². The first-order valence-electron chi connectivity index (χ1n) is 5.83. The molecule has 5 N–H and O–H groups in total. The molecule has 0 unspecified atom stereocenters. The molecule has 0 atom stereocenters. The standard InChI is InChI=1S/C9H15N5O5S2/c1-2-3-11-7(15)5-12-21(18,19)8-4-6(14(16)17)9(13-10)20-8/h4,12-13H,2-3,5,10H2,1H3,(H,11,15). The summed E-state index contributed by atoms with van der Waals surface area (Å²) in [5.41, 5.74) is 1.62. The zero-order valence-corrected chi connectivity index (χ0v) is 12.7. The first kappa shape index (κ1) is 17.3. The number of amides is 1. The van der Waals surface area contributed by atoms with E-state index in [4.69, 9.17) is 5.84 Å². The van der Waals surface area contributed by atoms with Crippen LogP contribution < -0.4 is 21.3 Å². The van der Waals surface area contributed by atoms with E-state index in [1.54, 1.807) is 0 Å². The molecule has 0 aliphatic rings. The van der Waals surface area contributed by atoms with Crippen molar-refractivity contribution in [1.82, 2.24) is 10.0 Å². The number of sulfonamides is 1. The van der Waals surface area contributed by atoms with Crippen molar-refractivity contribution in [1.29, 1.82) is 0 Å². The van der Waals surface area contributed by atoms with Gasteiger partial charge in [0, 0.05) is 12.6 Å². The van der Waals surface area contributed by atoms with Gasteiger partial charge in [-0.3, -0.25) is 14.9 Å². The third-order valence-corrected chi connectivity index (χ3v) is 5.21. The molecule has 0 saturated carbocycles. The largest absolute Gasteiger partial charge is 0.355 e. The fraction of sp³-hybridized carbons (Fsp3) is 0.444. The Kier molecular flexibility index (Phi) is 6.02. The number of nitrogens with one attached hydrogen (secondary N) is 3. The monoisotopic (exact) mass is 337 g/mol. The molecule has 12 heteroatoms. The van der Waals surface area contributed by atoms with Gasteiger partial charge in [0.05, 0.1) is 11.5 Å². The van der Waals surface area contributed by atoms with Crippen molar-refractivity contribution < 1.29 is 18.1 Å². The van der Waals surface area contributed by atoms with E-state index in [1.165, 1.54) is 0 Å². The predicted octanol–water partition coefficient (Wildman–Crippen LogP) is -0.254. The lowest BCUT2D eigenvalue weighted by molar-refractivity contribution is -0.383. The van der Waals surface area contributed by atoms with Crippen LogP contribution in [0, 0.1) is 10.1 Å². The molecule has 0 aliphatic carbocycles. The third kappa shape index (κ3) is 4.63.